The maximum absolute atomic E-state index is 12.4. The Labute approximate surface area is 125 Å². The van der Waals surface area contributed by atoms with Crippen LogP contribution in [0.3, 0.4) is 0 Å². The molecule has 0 aliphatic carbocycles. The van der Waals surface area contributed by atoms with E-state index in [1.54, 1.807) is 18.7 Å². The van der Waals surface area contributed by atoms with Crippen LogP contribution >= 0.6 is 23.5 Å². The third kappa shape index (κ3) is 3.26. The van der Waals surface area contributed by atoms with Gasteiger partial charge in [0, 0.05) is 35.9 Å². The molecule has 7 heteroatoms. The quantitative estimate of drug-likeness (QED) is 0.833. The molecule has 0 aromatic rings. The molecular formula is C12H24N2O2S3. The van der Waals surface area contributed by atoms with Gasteiger partial charge in [-0.05, 0) is 24.3 Å². The fraction of sp³-hybridized carbons (Fsp3) is 1.00. The minimum atomic E-state index is -3.03. The summed E-state index contributed by atoms with van der Waals surface area (Å²) in [5, 5.41) is -0.331. The van der Waals surface area contributed by atoms with Crippen molar-refractivity contribution in [1.82, 2.24) is 4.90 Å². The average Bonchev–Trinajstić information content (AvgIpc) is 2.48. The highest BCUT2D eigenvalue weighted by atomic mass is 32.2. The van der Waals surface area contributed by atoms with Gasteiger partial charge in [-0.3, -0.25) is 4.90 Å². The highest BCUT2D eigenvalue weighted by Crippen LogP contribution is 2.37. The predicted octanol–water partition coefficient (Wildman–Crippen LogP) is 1.02. The Morgan fingerprint density at radius 3 is 2.53 bits per heavy atom. The summed E-state index contributed by atoms with van der Waals surface area (Å²) in [7, 11) is -3.03. The van der Waals surface area contributed by atoms with E-state index in [2.05, 4.69) is 4.90 Å². The van der Waals surface area contributed by atoms with Gasteiger partial charge in [0.15, 0.2) is 9.84 Å². The largest absolute Gasteiger partial charge is 0.329 e. The zero-order valence-electron chi connectivity index (χ0n) is 11.5. The van der Waals surface area contributed by atoms with Crippen molar-refractivity contribution in [3.8, 4) is 0 Å². The lowest BCUT2D eigenvalue weighted by Gasteiger charge is -2.50. The second kappa shape index (κ2) is 6.56. The molecule has 2 rings (SSSR count). The molecule has 1 unspecified atom stereocenters. The average molecular weight is 325 g/mol. The predicted molar refractivity (Wildman–Crippen MR) is 85.6 cm³/mol. The van der Waals surface area contributed by atoms with E-state index < -0.39 is 9.84 Å². The van der Waals surface area contributed by atoms with Crippen LogP contribution < -0.4 is 5.73 Å². The Balaban J connectivity index is 2.27. The van der Waals surface area contributed by atoms with Crippen molar-refractivity contribution in [3.63, 3.8) is 0 Å². The van der Waals surface area contributed by atoms with Crippen molar-refractivity contribution >= 4 is 33.4 Å². The second-order valence-corrected chi connectivity index (χ2v) is 10.0. The van der Waals surface area contributed by atoms with Crippen LogP contribution in [0, 0.1) is 0 Å². The van der Waals surface area contributed by atoms with Crippen molar-refractivity contribution in [3.05, 3.63) is 0 Å². The van der Waals surface area contributed by atoms with E-state index in [9.17, 15) is 8.42 Å². The van der Waals surface area contributed by atoms with Gasteiger partial charge >= 0.3 is 0 Å². The van der Waals surface area contributed by atoms with Gasteiger partial charge in [0.2, 0.25) is 0 Å². The minimum Gasteiger partial charge on any atom is -0.329 e. The first kappa shape index (κ1) is 15.9. The Kier molecular flexibility index (Phi) is 5.50. The molecule has 0 amide bonds. The summed E-state index contributed by atoms with van der Waals surface area (Å²) >= 11 is 3.71. The van der Waals surface area contributed by atoms with E-state index in [0.717, 1.165) is 36.6 Å². The lowest BCUT2D eigenvalue weighted by Crippen LogP contribution is -2.63. The van der Waals surface area contributed by atoms with E-state index in [0.29, 0.717) is 12.3 Å². The van der Waals surface area contributed by atoms with Gasteiger partial charge in [-0.15, -0.1) is 0 Å². The molecule has 2 aliphatic heterocycles. The third-order valence-corrected chi connectivity index (χ3v) is 8.59. The monoisotopic (exact) mass is 324 g/mol. The molecule has 2 heterocycles. The maximum atomic E-state index is 12.4. The standard InChI is InChI=1S/C12H24N2O2S3/c1-2-19(15,16)11-9-18-8-5-14(11)12(10-13)3-6-17-7-4-12/h11H,2-10,13H2,1H3. The first-order chi connectivity index (χ1) is 9.06. The molecule has 19 heavy (non-hydrogen) atoms. The summed E-state index contributed by atoms with van der Waals surface area (Å²) in [5.74, 6) is 4.14. The third-order valence-electron chi connectivity index (χ3n) is 4.31. The molecular weight excluding hydrogens is 300 g/mol. The van der Waals surface area contributed by atoms with Crippen LogP contribution in [0.4, 0.5) is 0 Å². The molecule has 2 N–H and O–H groups in total. The summed E-state index contributed by atoms with van der Waals surface area (Å²) in [5.41, 5.74) is 5.98. The Morgan fingerprint density at radius 1 is 1.26 bits per heavy atom. The number of thioether (sulfide) groups is 2. The van der Waals surface area contributed by atoms with Crippen LogP contribution in [-0.4, -0.2) is 66.1 Å². The summed E-state index contributed by atoms with van der Waals surface area (Å²) in [6, 6.07) is 0. The molecule has 0 bridgehead atoms. The minimum absolute atomic E-state index is 0.0842. The van der Waals surface area contributed by atoms with Gasteiger partial charge in [0.1, 0.15) is 5.37 Å². The maximum Gasteiger partial charge on any atom is 0.166 e. The van der Waals surface area contributed by atoms with Crippen LogP contribution in [0.25, 0.3) is 0 Å². The van der Waals surface area contributed by atoms with Crippen LogP contribution in [0.2, 0.25) is 0 Å². The van der Waals surface area contributed by atoms with Crippen LogP contribution in [0.15, 0.2) is 0 Å². The van der Waals surface area contributed by atoms with Crippen LogP contribution in [0.1, 0.15) is 19.8 Å². The van der Waals surface area contributed by atoms with E-state index in [1.807, 2.05) is 11.8 Å². The van der Waals surface area contributed by atoms with Crippen molar-refractivity contribution in [1.29, 1.82) is 0 Å². The number of hydrogen-bond acceptors (Lipinski definition) is 6. The Bertz CT molecular complexity index is 394. The highest BCUT2D eigenvalue weighted by Gasteiger charge is 2.45. The second-order valence-electron chi connectivity index (χ2n) is 5.22. The fourth-order valence-corrected chi connectivity index (χ4v) is 7.32. The smallest absolute Gasteiger partial charge is 0.166 e. The molecule has 4 nitrogen and oxygen atoms in total. The molecule has 2 aliphatic rings. The Hall–Kier alpha value is 0.570. The van der Waals surface area contributed by atoms with E-state index in [-0.39, 0.29) is 16.7 Å². The molecule has 0 aromatic heterocycles. The first-order valence-electron chi connectivity index (χ1n) is 6.89. The summed E-state index contributed by atoms with van der Waals surface area (Å²) in [6.45, 7) is 3.18. The van der Waals surface area contributed by atoms with Crippen LogP contribution in [0.5, 0.6) is 0 Å². The lowest BCUT2D eigenvalue weighted by molar-refractivity contribution is 0.0804. The van der Waals surface area contributed by atoms with Crippen molar-refractivity contribution in [2.24, 2.45) is 5.73 Å². The number of rotatable bonds is 4. The van der Waals surface area contributed by atoms with Crippen molar-refractivity contribution in [2.75, 3.05) is 41.9 Å². The molecule has 0 aromatic carbocycles. The molecule has 112 valence electrons. The SMILES string of the molecule is CCS(=O)(=O)C1CSCCN1C1(CN)CCSCC1. The molecule has 2 fully saturated rings. The highest BCUT2D eigenvalue weighted by molar-refractivity contribution is 8.01. The Morgan fingerprint density at radius 2 is 1.95 bits per heavy atom. The van der Waals surface area contributed by atoms with E-state index >= 15 is 0 Å². The zero-order valence-corrected chi connectivity index (χ0v) is 14.0. The summed E-state index contributed by atoms with van der Waals surface area (Å²) in [6.07, 6.45) is 2.04. The number of sulfone groups is 1. The van der Waals surface area contributed by atoms with Gasteiger partial charge < -0.3 is 5.73 Å². The zero-order chi connectivity index (χ0) is 13.9. The lowest BCUT2D eigenvalue weighted by atomic mass is 9.90. The topological polar surface area (TPSA) is 63.4 Å². The fourth-order valence-electron chi connectivity index (χ4n) is 2.97. The van der Waals surface area contributed by atoms with Gasteiger partial charge in [-0.2, -0.15) is 23.5 Å². The normalized spacial score (nSPS) is 29.3. The van der Waals surface area contributed by atoms with Crippen LogP contribution in [-0.2, 0) is 9.84 Å². The molecule has 0 spiro atoms. The van der Waals surface area contributed by atoms with Crippen molar-refractivity contribution < 1.29 is 8.42 Å². The van der Waals surface area contributed by atoms with E-state index in [4.69, 9.17) is 5.73 Å². The molecule has 2 saturated heterocycles. The van der Waals surface area contributed by atoms with Gasteiger partial charge in [0.25, 0.3) is 0 Å². The van der Waals surface area contributed by atoms with Crippen molar-refractivity contribution in [2.45, 2.75) is 30.7 Å². The summed E-state index contributed by atoms with van der Waals surface area (Å²) < 4.78 is 24.7. The van der Waals surface area contributed by atoms with Gasteiger partial charge in [-0.1, -0.05) is 6.92 Å². The number of nitrogens with two attached hydrogens (primary N) is 1. The molecule has 0 radical (unpaired) electrons. The number of nitrogens with zero attached hydrogens (tertiary/aromatic N) is 1. The molecule has 0 saturated carbocycles. The number of hydrogen-bond donors (Lipinski definition) is 1. The molecule has 1 atom stereocenters. The van der Waals surface area contributed by atoms with Gasteiger partial charge in [-0.25, -0.2) is 8.42 Å². The first-order valence-corrected chi connectivity index (χ1v) is 10.9. The van der Waals surface area contributed by atoms with E-state index in [1.165, 1.54) is 0 Å². The summed E-state index contributed by atoms with van der Waals surface area (Å²) in [4.78, 5) is 2.24. The van der Waals surface area contributed by atoms with Gasteiger partial charge in [0.05, 0.1) is 0 Å².